The highest BCUT2D eigenvalue weighted by Gasteiger charge is 2.32. The van der Waals surface area contributed by atoms with E-state index in [-0.39, 0.29) is 23.0 Å². The number of ketones is 1. The Bertz CT molecular complexity index is 1020. The fourth-order valence-electron chi connectivity index (χ4n) is 2.34. The van der Waals surface area contributed by atoms with Crippen molar-refractivity contribution in [2.24, 2.45) is 10.1 Å². The minimum absolute atomic E-state index is 0.0441. The Hall–Kier alpha value is -2.56. The molecule has 140 valence electrons. The highest BCUT2D eigenvalue weighted by atomic mass is 32.2. The van der Waals surface area contributed by atoms with Gasteiger partial charge in [0.2, 0.25) is 15.9 Å². The standard InChI is InChI=1S/C17H14FN3O4S2/c18-11-3-1-10(2-4-11)14(22)9-15-16(23)21-17(26-15)20-12-5-7-13(8-6-12)27(19,24)25/h1-8,15H,9H2,(H2,19,24,25)(H,20,21,23). The number of primary sulfonamides is 1. The van der Waals surface area contributed by atoms with Crippen molar-refractivity contribution in [3.8, 4) is 0 Å². The molecule has 1 unspecified atom stereocenters. The number of rotatable bonds is 5. The van der Waals surface area contributed by atoms with Gasteiger partial charge in [0.25, 0.3) is 0 Å². The third-order valence-electron chi connectivity index (χ3n) is 3.71. The molecule has 7 nitrogen and oxygen atoms in total. The Balaban J connectivity index is 1.68. The van der Waals surface area contributed by atoms with Crippen LogP contribution in [0.1, 0.15) is 16.8 Å². The van der Waals surface area contributed by atoms with Crippen LogP contribution in [0.15, 0.2) is 58.4 Å². The van der Waals surface area contributed by atoms with Crippen molar-refractivity contribution >= 4 is 44.3 Å². The largest absolute Gasteiger partial charge is 0.304 e. The van der Waals surface area contributed by atoms with Gasteiger partial charge in [-0.1, -0.05) is 11.8 Å². The number of sulfonamides is 1. The Morgan fingerprint density at radius 1 is 1.15 bits per heavy atom. The first kappa shape index (κ1) is 19.2. The second-order valence-corrected chi connectivity index (χ2v) is 8.44. The summed E-state index contributed by atoms with van der Waals surface area (Å²) in [7, 11) is -3.79. The van der Waals surface area contributed by atoms with E-state index in [1.807, 2.05) is 0 Å². The molecule has 0 spiro atoms. The molecule has 3 N–H and O–H groups in total. The van der Waals surface area contributed by atoms with E-state index in [4.69, 9.17) is 5.14 Å². The van der Waals surface area contributed by atoms with Gasteiger partial charge in [-0.2, -0.15) is 0 Å². The highest BCUT2D eigenvalue weighted by Crippen LogP contribution is 2.26. The summed E-state index contributed by atoms with van der Waals surface area (Å²) in [6.07, 6.45) is -0.0501. The first-order valence-electron chi connectivity index (χ1n) is 7.70. The Morgan fingerprint density at radius 2 is 1.78 bits per heavy atom. The highest BCUT2D eigenvalue weighted by molar-refractivity contribution is 8.15. The number of benzene rings is 2. The van der Waals surface area contributed by atoms with E-state index in [1.165, 1.54) is 48.5 Å². The fraction of sp³-hybridized carbons (Fsp3) is 0.118. The summed E-state index contributed by atoms with van der Waals surface area (Å²) >= 11 is 1.10. The van der Waals surface area contributed by atoms with Gasteiger partial charge < -0.3 is 5.32 Å². The summed E-state index contributed by atoms with van der Waals surface area (Å²) < 4.78 is 35.4. The van der Waals surface area contributed by atoms with E-state index in [1.54, 1.807) is 0 Å². The van der Waals surface area contributed by atoms with Crippen LogP contribution < -0.4 is 10.5 Å². The average molecular weight is 407 g/mol. The minimum Gasteiger partial charge on any atom is -0.304 e. The average Bonchev–Trinajstić information content (AvgIpc) is 2.94. The van der Waals surface area contributed by atoms with E-state index in [2.05, 4.69) is 10.3 Å². The maximum Gasteiger partial charge on any atom is 0.240 e. The van der Waals surface area contributed by atoms with Crippen molar-refractivity contribution in [3.05, 3.63) is 59.9 Å². The van der Waals surface area contributed by atoms with Crippen molar-refractivity contribution in [2.75, 3.05) is 0 Å². The van der Waals surface area contributed by atoms with Crippen molar-refractivity contribution in [1.82, 2.24) is 5.32 Å². The van der Waals surface area contributed by atoms with Crippen LogP contribution in [0.25, 0.3) is 0 Å². The molecular formula is C17H14FN3O4S2. The van der Waals surface area contributed by atoms with Crippen LogP contribution in [0, 0.1) is 5.82 Å². The number of hydrogen-bond acceptors (Lipinski definition) is 6. The van der Waals surface area contributed by atoms with Gasteiger partial charge in [0.1, 0.15) is 5.82 Å². The summed E-state index contributed by atoms with van der Waals surface area (Å²) in [6.45, 7) is 0. The van der Waals surface area contributed by atoms with E-state index in [0.717, 1.165) is 11.8 Å². The first-order valence-corrected chi connectivity index (χ1v) is 10.1. The van der Waals surface area contributed by atoms with Gasteiger partial charge in [0, 0.05) is 12.0 Å². The van der Waals surface area contributed by atoms with Crippen molar-refractivity contribution in [3.63, 3.8) is 0 Å². The molecule has 0 radical (unpaired) electrons. The monoisotopic (exact) mass is 407 g/mol. The van der Waals surface area contributed by atoms with Crippen LogP contribution in [-0.2, 0) is 14.8 Å². The fourth-order valence-corrected chi connectivity index (χ4v) is 3.85. The Labute approximate surface area is 158 Å². The number of carbonyl (C=O) groups excluding carboxylic acids is 2. The summed E-state index contributed by atoms with van der Waals surface area (Å²) in [5, 5.41) is 7.27. The molecule has 2 aromatic rings. The van der Waals surface area contributed by atoms with E-state index in [0.29, 0.717) is 16.4 Å². The SMILES string of the molecule is NS(=O)(=O)c1ccc(N=C2NC(=O)C(CC(=O)c3ccc(F)cc3)S2)cc1. The van der Waals surface area contributed by atoms with Gasteiger partial charge in [-0.3, -0.25) is 9.59 Å². The minimum atomic E-state index is -3.79. The van der Waals surface area contributed by atoms with Gasteiger partial charge in [-0.05, 0) is 48.5 Å². The summed E-state index contributed by atoms with van der Waals surface area (Å²) in [4.78, 5) is 28.5. The maximum atomic E-state index is 12.9. The van der Waals surface area contributed by atoms with Gasteiger partial charge in [-0.15, -0.1) is 0 Å². The molecule has 0 saturated carbocycles. The van der Waals surface area contributed by atoms with E-state index >= 15 is 0 Å². The number of nitrogens with zero attached hydrogens (tertiary/aromatic N) is 1. The van der Waals surface area contributed by atoms with Gasteiger partial charge >= 0.3 is 0 Å². The van der Waals surface area contributed by atoms with Crippen molar-refractivity contribution in [2.45, 2.75) is 16.6 Å². The molecule has 2 aromatic carbocycles. The second-order valence-electron chi connectivity index (χ2n) is 5.69. The Kier molecular flexibility index (Phi) is 5.40. The predicted octanol–water partition coefficient (Wildman–Crippen LogP) is 1.97. The summed E-state index contributed by atoms with van der Waals surface area (Å²) in [5.41, 5.74) is 0.754. The molecule has 0 aliphatic carbocycles. The number of halogens is 1. The number of hydrogen-bond donors (Lipinski definition) is 2. The predicted molar refractivity (Wildman–Crippen MR) is 99.8 cm³/mol. The molecular weight excluding hydrogens is 393 g/mol. The molecule has 1 aliphatic rings. The molecule has 0 bridgehead atoms. The van der Waals surface area contributed by atoms with E-state index in [9.17, 15) is 22.4 Å². The van der Waals surface area contributed by atoms with Crippen molar-refractivity contribution in [1.29, 1.82) is 0 Å². The third kappa shape index (κ3) is 4.79. The second kappa shape index (κ2) is 7.59. The molecule has 3 rings (SSSR count). The third-order valence-corrected chi connectivity index (χ3v) is 5.72. The smallest absolute Gasteiger partial charge is 0.240 e. The zero-order chi connectivity index (χ0) is 19.6. The number of nitrogens with one attached hydrogen (secondary N) is 1. The van der Waals surface area contributed by atoms with E-state index < -0.39 is 21.1 Å². The van der Waals surface area contributed by atoms with Crippen LogP contribution in [0.4, 0.5) is 10.1 Å². The molecule has 1 fully saturated rings. The number of amidine groups is 1. The van der Waals surface area contributed by atoms with Crippen LogP contribution in [0.3, 0.4) is 0 Å². The summed E-state index contributed by atoms with van der Waals surface area (Å²) in [5.74, 6) is -1.07. The lowest BCUT2D eigenvalue weighted by atomic mass is 10.1. The molecule has 1 aliphatic heterocycles. The zero-order valence-corrected chi connectivity index (χ0v) is 15.4. The lowest BCUT2D eigenvalue weighted by Crippen LogP contribution is -2.26. The van der Waals surface area contributed by atoms with Crippen LogP contribution in [0.2, 0.25) is 0 Å². The lowest BCUT2D eigenvalue weighted by Gasteiger charge is -2.04. The number of aliphatic imine (C=N–C) groups is 1. The van der Waals surface area contributed by atoms with Gasteiger partial charge in [0.15, 0.2) is 11.0 Å². The number of Topliss-reactive ketones (excluding diaryl/α,β-unsaturated/α-hetero) is 1. The normalized spacial score (nSPS) is 18.5. The van der Waals surface area contributed by atoms with Crippen LogP contribution in [-0.4, -0.2) is 30.5 Å². The number of nitrogens with two attached hydrogens (primary N) is 1. The van der Waals surface area contributed by atoms with Crippen molar-refractivity contribution < 1.29 is 22.4 Å². The topological polar surface area (TPSA) is 119 Å². The molecule has 1 amide bonds. The molecule has 1 saturated heterocycles. The van der Waals surface area contributed by atoms with Crippen LogP contribution >= 0.6 is 11.8 Å². The first-order chi connectivity index (χ1) is 12.7. The molecule has 27 heavy (non-hydrogen) atoms. The van der Waals surface area contributed by atoms with Crippen LogP contribution in [0.5, 0.6) is 0 Å². The molecule has 1 heterocycles. The van der Waals surface area contributed by atoms with Gasteiger partial charge in [0.05, 0.1) is 15.8 Å². The zero-order valence-electron chi connectivity index (χ0n) is 13.8. The lowest BCUT2D eigenvalue weighted by molar-refractivity contribution is -0.118. The number of amides is 1. The molecule has 1 atom stereocenters. The maximum absolute atomic E-state index is 12.9. The molecule has 0 aromatic heterocycles. The number of carbonyl (C=O) groups is 2. The number of thioether (sulfide) groups is 1. The summed E-state index contributed by atoms with van der Waals surface area (Å²) in [6, 6.07) is 10.7. The Morgan fingerprint density at radius 3 is 2.37 bits per heavy atom. The molecule has 10 heteroatoms. The quantitative estimate of drug-likeness (QED) is 0.735. The van der Waals surface area contributed by atoms with Gasteiger partial charge in [-0.25, -0.2) is 22.9 Å².